The van der Waals surface area contributed by atoms with Crippen molar-refractivity contribution in [3.8, 4) is 28.4 Å². The van der Waals surface area contributed by atoms with Gasteiger partial charge in [-0.3, -0.25) is 4.79 Å². The maximum absolute atomic E-state index is 12.8. The molecule has 7 heteroatoms. The minimum Gasteiger partial charge on any atom is -0.486 e. The first-order valence-corrected chi connectivity index (χ1v) is 8.11. The predicted octanol–water partition coefficient (Wildman–Crippen LogP) is 1.38. The van der Waals surface area contributed by atoms with E-state index in [0.717, 1.165) is 0 Å². The largest absolute Gasteiger partial charge is 0.486 e. The van der Waals surface area contributed by atoms with E-state index < -0.39 is 5.97 Å². The molecular formula is C19H16NO6+. The van der Waals surface area contributed by atoms with E-state index in [9.17, 15) is 9.59 Å². The van der Waals surface area contributed by atoms with Crippen molar-refractivity contribution in [2.45, 2.75) is 0 Å². The van der Waals surface area contributed by atoms with Gasteiger partial charge >= 0.3 is 5.97 Å². The molecule has 7 nitrogen and oxygen atoms in total. The van der Waals surface area contributed by atoms with E-state index in [-0.39, 0.29) is 12.0 Å². The fraction of sp³-hybridized carbons (Fsp3) is 0.158. The minimum atomic E-state index is -0.459. The van der Waals surface area contributed by atoms with Crippen molar-refractivity contribution in [2.24, 2.45) is 0 Å². The van der Waals surface area contributed by atoms with Crippen LogP contribution in [0.4, 0.5) is 0 Å². The molecule has 2 aromatic carbocycles. The van der Waals surface area contributed by atoms with Crippen LogP contribution in [0.25, 0.3) is 22.1 Å². The molecule has 1 aliphatic heterocycles. The van der Waals surface area contributed by atoms with E-state index in [1.54, 1.807) is 30.3 Å². The molecule has 0 saturated heterocycles. The monoisotopic (exact) mass is 354 g/mol. The number of rotatable bonds is 3. The van der Waals surface area contributed by atoms with Crippen molar-refractivity contribution in [1.29, 1.82) is 0 Å². The predicted molar refractivity (Wildman–Crippen MR) is 92.3 cm³/mol. The summed E-state index contributed by atoms with van der Waals surface area (Å²) in [6.07, 6.45) is 1.39. The number of carbonyl (C=O) groups is 1. The molecule has 0 atom stereocenters. The fourth-order valence-corrected chi connectivity index (χ4v) is 2.76. The van der Waals surface area contributed by atoms with Gasteiger partial charge in [-0.2, -0.15) is 0 Å². The number of ether oxygens (including phenoxy) is 3. The summed E-state index contributed by atoms with van der Waals surface area (Å²) in [5, 5.41) is 0.395. The number of quaternary nitrogens is 1. The quantitative estimate of drug-likeness (QED) is 0.563. The second-order valence-electron chi connectivity index (χ2n) is 5.72. The number of hydrogen-bond acceptors (Lipinski definition) is 6. The van der Waals surface area contributed by atoms with Gasteiger partial charge in [0.15, 0.2) is 23.5 Å². The van der Waals surface area contributed by atoms with Crippen LogP contribution in [0, 0.1) is 0 Å². The third kappa shape index (κ3) is 2.89. The molecule has 132 valence electrons. The summed E-state index contributed by atoms with van der Waals surface area (Å²) in [4.78, 5) is 24.2. The average Bonchev–Trinajstić information content (AvgIpc) is 2.68. The Morgan fingerprint density at radius 3 is 2.69 bits per heavy atom. The highest BCUT2D eigenvalue weighted by molar-refractivity contribution is 5.84. The molecule has 26 heavy (non-hydrogen) atoms. The third-order valence-corrected chi connectivity index (χ3v) is 4.04. The summed E-state index contributed by atoms with van der Waals surface area (Å²) in [7, 11) is 0. The van der Waals surface area contributed by atoms with Crippen molar-refractivity contribution < 1.29 is 29.2 Å². The Bertz CT molecular complexity index is 1060. The minimum absolute atomic E-state index is 0.0189. The Hall–Kier alpha value is -3.32. The zero-order valence-corrected chi connectivity index (χ0v) is 13.8. The second kappa shape index (κ2) is 6.53. The summed E-state index contributed by atoms with van der Waals surface area (Å²) in [5.41, 5.74) is 4.72. The van der Waals surface area contributed by atoms with Gasteiger partial charge in [-0.05, 0) is 29.8 Å². The molecule has 3 N–H and O–H groups in total. The molecule has 0 aliphatic carbocycles. The third-order valence-electron chi connectivity index (χ3n) is 4.04. The summed E-state index contributed by atoms with van der Waals surface area (Å²) < 4.78 is 21.8. The zero-order chi connectivity index (χ0) is 18.1. The Kier molecular flexibility index (Phi) is 4.06. The van der Waals surface area contributed by atoms with Crippen molar-refractivity contribution in [2.75, 3.05) is 19.8 Å². The standard InChI is InChI=1S/C19H15NO6/c20-9-18(21)26-12-2-3-13-16(8-12)25-10-14(19(13)22)11-1-4-15-17(7-11)24-6-5-23-15/h1-4,7-8,10H,5-6,9,20H2/p+1. The maximum atomic E-state index is 12.8. The van der Waals surface area contributed by atoms with Crippen molar-refractivity contribution >= 4 is 16.9 Å². The Balaban J connectivity index is 1.75. The number of fused-ring (bicyclic) bond motifs is 2. The topological polar surface area (TPSA) is 103 Å². The molecule has 4 rings (SSSR count). The van der Waals surface area contributed by atoms with E-state index >= 15 is 0 Å². The lowest BCUT2D eigenvalue weighted by atomic mass is 10.0. The number of benzene rings is 2. The number of hydrogen-bond donors (Lipinski definition) is 1. The average molecular weight is 354 g/mol. The molecule has 0 bridgehead atoms. The van der Waals surface area contributed by atoms with Crippen molar-refractivity contribution in [1.82, 2.24) is 0 Å². The Morgan fingerprint density at radius 1 is 1.08 bits per heavy atom. The lowest BCUT2D eigenvalue weighted by Crippen LogP contribution is -2.55. The zero-order valence-electron chi connectivity index (χ0n) is 13.8. The van der Waals surface area contributed by atoms with Crippen LogP contribution in [0.3, 0.4) is 0 Å². The van der Waals surface area contributed by atoms with E-state index in [1.807, 2.05) is 0 Å². The molecule has 0 unspecified atom stereocenters. The lowest BCUT2D eigenvalue weighted by Gasteiger charge is -2.18. The molecule has 0 radical (unpaired) electrons. The van der Waals surface area contributed by atoms with E-state index in [1.165, 1.54) is 12.3 Å². The summed E-state index contributed by atoms with van der Waals surface area (Å²) in [5.74, 6) is 1.10. The first kappa shape index (κ1) is 16.2. The van der Waals surface area contributed by atoms with Gasteiger partial charge in [0.1, 0.15) is 30.8 Å². The molecule has 1 aromatic heterocycles. The molecule has 2 heterocycles. The van der Waals surface area contributed by atoms with E-state index in [2.05, 4.69) is 5.73 Å². The van der Waals surface area contributed by atoms with Gasteiger partial charge in [0.25, 0.3) is 0 Å². The van der Waals surface area contributed by atoms with Crippen LogP contribution in [0.2, 0.25) is 0 Å². The fourth-order valence-electron chi connectivity index (χ4n) is 2.76. The molecule has 1 aliphatic rings. The van der Waals surface area contributed by atoms with Crippen molar-refractivity contribution in [3.05, 3.63) is 52.9 Å². The van der Waals surface area contributed by atoms with E-state index in [4.69, 9.17) is 18.6 Å². The lowest BCUT2D eigenvalue weighted by molar-refractivity contribution is -0.358. The first-order chi connectivity index (χ1) is 12.7. The highest BCUT2D eigenvalue weighted by Gasteiger charge is 2.16. The van der Waals surface area contributed by atoms with Crippen LogP contribution in [0.5, 0.6) is 17.2 Å². The number of carbonyl (C=O) groups excluding carboxylic acids is 1. The smallest absolute Gasteiger partial charge is 0.366 e. The van der Waals surface area contributed by atoms with Crippen LogP contribution in [0.1, 0.15) is 0 Å². The Labute approximate surface area is 147 Å². The SMILES string of the molecule is [NH3+]CC(=O)Oc1ccc2c(=O)c(-c3ccc4c(c3)OCCO4)coc2c1. The van der Waals surface area contributed by atoms with Crippen LogP contribution >= 0.6 is 0 Å². The first-order valence-electron chi connectivity index (χ1n) is 8.11. The molecule has 0 fully saturated rings. The Morgan fingerprint density at radius 2 is 1.88 bits per heavy atom. The second-order valence-corrected chi connectivity index (χ2v) is 5.72. The van der Waals surface area contributed by atoms with Crippen LogP contribution in [-0.4, -0.2) is 25.7 Å². The molecule has 0 spiro atoms. The summed E-state index contributed by atoms with van der Waals surface area (Å²) in [6.45, 7) is 0.994. The van der Waals surface area contributed by atoms with Crippen molar-refractivity contribution in [3.63, 3.8) is 0 Å². The highest BCUT2D eigenvalue weighted by Crippen LogP contribution is 2.34. The van der Waals surface area contributed by atoms with Gasteiger partial charge in [-0.15, -0.1) is 0 Å². The number of esters is 1. The van der Waals surface area contributed by atoms with Crippen LogP contribution in [0.15, 0.2) is 51.9 Å². The van der Waals surface area contributed by atoms with Gasteiger partial charge in [0, 0.05) is 6.07 Å². The molecule has 3 aromatic rings. The van der Waals surface area contributed by atoms with Crippen LogP contribution in [-0.2, 0) is 4.79 Å². The van der Waals surface area contributed by atoms with Gasteiger partial charge in [-0.1, -0.05) is 6.07 Å². The summed E-state index contributed by atoms with van der Waals surface area (Å²) >= 11 is 0. The molecule has 0 amide bonds. The summed E-state index contributed by atoms with van der Waals surface area (Å²) in [6, 6.07) is 9.97. The normalized spacial score (nSPS) is 12.8. The van der Waals surface area contributed by atoms with Gasteiger partial charge in [0.2, 0.25) is 0 Å². The van der Waals surface area contributed by atoms with E-state index in [0.29, 0.717) is 52.6 Å². The van der Waals surface area contributed by atoms with Gasteiger partial charge < -0.3 is 24.4 Å². The highest BCUT2D eigenvalue weighted by atomic mass is 16.6. The molecule has 0 saturated carbocycles. The van der Waals surface area contributed by atoms with Gasteiger partial charge in [0.05, 0.1) is 10.9 Å². The maximum Gasteiger partial charge on any atom is 0.366 e. The van der Waals surface area contributed by atoms with Crippen LogP contribution < -0.4 is 25.4 Å². The van der Waals surface area contributed by atoms with Gasteiger partial charge in [-0.25, -0.2) is 4.79 Å². The molecular weight excluding hydrogens is 338 g/mol.